The van der Waals surface area contributed by atoms with E-state index in [9.17, 15) is 5.11 Å². The minimum absolute atomic E-state index is 0.441. The minimum Gasteiger partial charge on any atom is -0.486 e. The number of aromatic nitrogens is 1. The second kappa shape index (κ2) is 5.31. The number of benzene rings is 1. The zero-order chi connectivity index (χ0) is 14.1. The molecule has 0 radical (unpaired) electrons. The predicted molar refractivity (Wildman–Crippen MR) is 75.5 cm³/mol. The van der Waals surface area contributed by atoms with Crippen LogP contribution < -0.4 is 9.47 Å². The van der Waals surface area contributed by atoms with Crippen LogP contribution in [-0.4, -0.2) is 23.3 Å². The van der Waals surface area contributed by atoms with E-state index in [1.54, 1.807) is 18.3 Å². The van der Waals surface area contributed by atoms with E-state index in [0.717, 1.165) is 5.69 Å². The van der Waals surface area contributed by atoms with Gasteiger partial charge < -0.3 is 14.6 Å². The van der Waals surface area contributed by atoms with Crippen molar-refractivity contribution in [2.24, 2.45) is 0 Å². The molecule has 1 aromatic carbocycles. The molecule has 20 heavy (non-hydrogen) atoms. The van der Waals surface area contributed by atoms with E-state index >= 15 is 0 Å². The van der Waals surface area contributed by atoms with Gasteiger partial charge in [0.1, 0.15) is 19.3 Å². The summed E-state index contributed by atoms with van der Waals surface area (Å²) in [5.74, 6) is 1.11. The van der Waals surface area contributed by atoms with Crippen molar-refractivity contribution in [3.8, 4) is 11.5 Å². The van der Waals surface area contributed by atoms with Gasteiger partial charge in [-0.15, -0.1) is 0 Å². The second-order valence-electron chi connectivity index (χ2n) is 4.66. The Morgan fingerprint density at radius 2 is 2.00 bits per heavy atom. The molecule has 1 N–H and O–H groups in total. The fraction of sp³-hybridized carbons (Fsp3) is 0.267. The van der Waals surface area contributed by atoms with Crippen molar-refractivity contribution >= 4 is 11.6 Å². The highest BCUT2D eigenvalue weighted by Crippen LogP contribution is 2.40. The molecule has 0 aliphatic carbocycles. The number of aliphatic hydroxyl groups is 1. The van der Waals surface area contributed by atoms with Gasteiger partial charge in [0.05, 0.1) is 5.02 Å². The molecule has 0 fully saturated rings. The van der Waals surface area contributed by atoms with Crippen molar-refractivity contribution in [2.75, 3.05) is 13.2 Å². The number of nitrogens with zero attached hydrogens (tertiary/aromatic N) is 1. The van der Waals surface area contributed by atoms with Gasteiger partial charge in [-0.3, -0.25) is 4.98 Å². The Labute approximate surface area is 121 Å². The summed E-state index contributed by atoms with van der Waals surface area (Å²) in [6.07, 6.45) is 0.862. The van der Waals surface area contributed by atoms with Gasteiger partial charge in [0.2, 0.25) is 0 Å². The molecule has 5 heteroatoms. The van der Waals surface area contributed by atoms with Crippen LogP contribution in [0.4, 0.5) is 0 Å². The third-order valence-electron chi connectivity index (χ3n) is 3.18. The molecule has 0 spiro atoms. The minimum atomic E-state index is -0.795. The van der Waals surface area contributed by atoms with Gasteiger partial charge in [-0.25, -0.2) is 0 Å². The molecule has 1 aromatic heterocycles. The van der Waals surface area contributed by atoms with Crippen LogP contribution in [0.3, 0.4) is 0 Å². The standard InChI is InChI=1S/C15H14ClNO3/c1-9-2-3-10(8-17-9)14(18)11-6-12(16)15-13(7-11)19-4-5-20-15/h2-3,6-8,14,18H,4-5H2,1H3. The van der Waals surface area contributed by atoms with Crippen molar-refractivity contribution in [2.45, 2.75) is 13.0 Å². The Kier molecular flexibility index (Phi) is 3.51. The molecule has 1 aliphatic heterocycles. The summed E-state index contributed by atoms with van der Waals surface area (Å²) in [7, 11) is 0. The van der Waals surface area contributed by atoms with Crippen molar-refractivity contribution in [1.29, 1.82) is 0 Å². The fourth-order valence-corrected chi connectivity index (χ4v) is 2.40. The number of halogens is 1. The highest BCUT2D eigenvalue weighted by molar-refractivity contribution is 6.32. The number of pyridine rings is 1. The lowest BCUT2D eigenvalue weighted by Crippen LogP contribution is -2.16. The molecule has 2 heterocycles. The molecular formula is C15H14ClNO3. The molecule has 2 aromatic rings. The Hall–Kier alpha value is -1.78. The zero-order valence-corrected chi connectivity index (χ0v) is 11.7. The number of hydrogen-bond donors (Lipinski definition) is 1. The average molecular weight is 292 g/mol. The van der Waals surface area contributed by atoms with Crippen molar-refractivity contribution in [3.05, 3.63) is 52.3 Å². The molecule has 1 unspecified atom stereocenters. The molecule has 4 nitrogen and oxygen atoms in total. The molecular weight excluding hydrogens is 278 g/mol. The second-order valence-corrected chi connectivity index (χ2v) is 5.07. The number of aryl methyl sites for hydroxylation is 1. The molecule has 0 saturated heterocycles. The summed E-state index contributed by atoms with van der Waals surface area (Å²) in [6, 6.07) is 7.15. The van der Waals surface area contributed by atoms with Crippen LogP contribution in [0.5, 0.6) is 11.5 Å². The first-order chi connectivity index (χ1) is 9.65. The predicted octanol–water partition coefficient (Wildman–Crippen LogP) is 2.90. The summed E-state index contributed by atoms with van der Waals surface area (Å²) in [5, 5.41) is 10.9. The maximum absolute atomic E-state index is 10.4. The number of rotatable bonds is 2. The van der Waals surface area contributed by atoms with E-state index in [1.165, 1.54) is 0 Å². The van der Waals surface area contributed by atoms with E-state index in [4.69, 9.17) is 21.1 Å². The van der Waals surface area contributed by atoms with Crippen LogP contribution in [0.2, 0.25) is 5.02 Å². The first-order valence-corrected chi connectivity index (χ1v) is 6.72. The van der Waals surface area contributed by atoms with Gasteiger partial charge >= 0.3 is 0 Å². The highest BCUT2D eigenvalue weighted by atomic mass is 35.5. The third kappa shape index (κ3) is 2.44. The first kappa shape index (κ1) is 13.2. The number of ether oxygens (including phenoxy) is 2. The van der Waals surface area contributed by atoms with Crippen LogP contribution in [0, 0.1) is 6.92 Å². The number of aliphatic hydroxyl groups excluding tert-OH is 1. The monoisotopic (exact) mass is 291 g/mol. The molecule has 0 saturated carbocycles. The lowest BCUT2D eigenvalue weighted by Gasteiger charge is -2.21. The molecule has 1 aliphatic rings. The molecule has 104 valence electrons. The van der Waals surface area contributed by atoms with E-state index in [1.807, 2.05) is 19.1 Å². The molecule has 0 bridgehead atoms. The summed E-state index contributed by atoms with van der Waals surface area (Å²) < 4.78 is 11.0. The largest absolute Gasteiger partial charge is 0.486 e. The van der Waals surface area contributed by atoms with Crippen LogP contribution in [0.1, 0.15) is 22.9 Å². The number of fused-ring (bicyclic) bond motifs is 1. The van der Waals surface area contributed by atoms with E-state index < -0.39 is 6.10 Å². The van der Waals surface area contributed by atoms with E-state index in [0.29, 0.717) is 40.9 Å². The first-order valence-electron chi connectivity index (χ1n) is 6.35. The van der Waals surface area contributed by atoms with Gasteiger partial charge in [-0.1, -0.05) is 17.7 Å². The topological polar surface area (TPSA) is 51.6 Å². The van der Waals surface area contributed by atoms with Gasteiger partial charge in [-0.05, 0) is 30.7 Å². The van der Waals surface area contributed by atoms with Crippen LogP contribution in [0.15, 0.2) is 30.5 Å². The van der Waals surface area contributed by atoms with Crippen LogP contribution in [-0.2, 0) is 0 Å². The Balaban J connectivity index is 1.97. The summed E-state index contributed by atoms with van der Waals surface area (Å²) in [6.45, 7) is 2.86. The van der Waals surface area contributed by atoms with Gasteiger partial charge in [0, 0.05) is 17.5 Å². The Morgan fingerprint density at radius 3 is 2.75 bits per heavy atom. The SMILES string of the molecule is Cc1ccc(C(O)c2cc(Cl)c3c(c2)OCCO3)cn1. The lowest BCUT2D eigenvalue weighted by atomic mass is 10.0. The quantitative estimate of drug-likeness (QED) is 0.924. The normalized spacial score (nSPS) is 14.9. The fourth-order valence-electron chi connectivity index (χ4n) is 2.12. The van der Waals surface area contributed by atoms with Crippen molar-refractivity contribution < 1.29 is 14.6 Å². The molecule has 3 rings (SSSR count). The molecule has 0 amide bonds. The summed E-state index contributed by atoms with van der Waals surface area (Å²) >= 11 is 6.17. The summed E-state index contributed by atoms with van der Waals surface area (Å²) in [5.41, 5.74) is 2.27. The Morgan fingerprint density at radius 1 is 1.20 bits per heavy atom. The maximum atomic E-state index is 10.4. The third-order valence-corrected chi connectivity index (χ3v) is 3.47. The molecule has 1 atom stereocenters. The van der Waals surface area contributed by atoms with Gasteiger partial charge in [-0.2, -0.15) is 0 Å². The Bertz CT molecular complexity index is 628. The van der Waals surface area contributed by atoms with Crippen LogP contribution in [0.25, 0.3) is 0 Å². The highest BCUT2D eigenvalue weighted by Gasteiger charge is 2.20. The number of hydrogen-bond acceptors (Lipinski definition) is 4. The van der Waals surface area contributed by atoms with E-state index in [2.05, 4.69) is 4.98 Å². The zero-order valence-electron chi connectivity index (χ0n) is 11.0. The smallest absolute Gasteiger partial charge is 0.179 e. The van der Waals surface area contributed by atoms with E-state index in [-0.39, 0.29) is 0 Å². The van der Waals surface area contributed by atoms with Crippen molar-refractivity contribution in [3.63, 3.8) is 0 Å². The summed E-state index contributed by atoms with van der Waals surface area (Å²) in [4.78, 5) is 4.19. The van der Waals surface area contributed by atoms with Crippen LogP contribution >= 0.6 is 11.6 Å². The lowest BCUT2D eigenvalue weighted by molar-refractivity contribution is 0.170. The average Bonchev–Trinajstić information content (AvgIpc) is 2.47. The van der Waals surface area contributed by atoms with Gasteiger partial charge in [0.15, 0.2) is 11.5 Å². The van der Waals surface area contributed by atoms with Gasteiger partial charge in [0.25, 0.3) is 0 Å². The van der Waals surface area contributed by atoms with Crippen molar-refractivity contribution in [1.82, 2.24) is 4.98 Å². The maximum Gasteiger partial charge on any atom is 0.179 e.